The van der Waals surface area contributed by atoms with Crippen molar-refractivity contribution in [2.45, 2.75) is 18.3 Å². The molecule has 1 fully saturated rings. The van der Waals surface area contributed by atoms with Crippen LogP contribution in [0.5, 0.6) is 0 Å². The summed E-state index contributed by atoms with van der Waals surface area (Å²) in [5.41, 5.74) is 6.45. The summed E-state index contributed by atoms with van der Waals surface area (Å²) in [7, 11) is 0. The first-order valence-corrected chi connectivity index (χ1v) is 5.61. The van der Waals surface area contributed by atoms with Crippen molar-refractivity contribution in [2.75, 3.05) is 6.54 Å². The maximum atomic E-state index is 13.3. The minimum Gasteiger partial charge on any atom is -0.330 e. The molecule has 2 rings (SSSR count). The fraction of sp³-hybridized carbons (Fsp3) is 0.400. The zero-order chi connectivity index (χ0) is 10.3. The fourth-order valence-corrected chi connectivity index (χ4v) is 2.42. The molecule has 1 aliphatic rings. The molecule has 0 aliphatic heterocycles. The van der Waals surface area contributed by atoms with Crippen LogP contribution in [0.3, 0.4) is 0 Å². The molecule has 0 saturated heterocycles. The molecule has 2 N–H and O–H groups in total. The number of nitrogens with two attached hydrogens (primary N) is 1. The molecule has 76 valence electrons. The van der Waals surface area contributed by atoms with Crippen LogP contribution in [0.1, 0.15) is 18.4 Å². The molecule has 0 amide bonds. The molecule has 0 unspecified atom stereocenters. The highest BCUT2D eigenvalue weighted by Gasteiger charge is 2.44. The Labute approximate surface area is 95.6 Å². The van der Waals surface area contributed by atoms with Crippen LogP contribution in [0.15, 0.2) is 16.6 Å². The van der Waals surface area contributed by atoms with E-state index in [1.165, 1.54) is 6.07 Å². The molecule has 1 nitrogen and oxygen atoms in total. The first kappa shape index (κ1) is 10.4. The van der Waals surface area contributed by atoms with Crippen molar-refractivity contribution in [1.82, 2.24) is 0 Å². The van der Waals surface area contributed by atoms with Crippen LogP contribution >= 0.6 is 27.5 Å². The first-order valence-electron chi connectivity index (χ1n) is 4.44. The van der Waals surface area contributed by atoms with Gasteiger partial charge in [-0.2, -0.15) is 0 Å². The second kappa shape index (κ2) is 3.47. The molecule has 0 radical (unpaired) electrons. The minimum absolute atomic E-state index is 0.0678. The summed E-state index contributed by atoms with van der Waals surface area (Å²) in [6.45, 7) is 0.530. The Morgan fingerprint density at radius 2 is 2.14 bits per heavy atom. The molecule has 1 aromatic carbocycles. The standard InChI is InChI=1S/C10H10BrClFN/c11-6-3-7(9(12)8(13)4-6)10(5-14)1-2-10/h3-4H,1-2,5,14H2. The number of rotatable bonds is 2. The summed E-state index contributed by atoms with van der Waals surface area (Å²) in [4.78, 5) is 0. The SMILES string of the molecule is NCC1(c2cc(Br)cc(F)c2Cl)CC1. The number of hydrogen-bond acceptors (Lipinski definition) is 1. The average Bonchev–Trinajstić information content (AvgIpc) is 2.92. The molecule has 1 saturated carbocycles. The quantitative estimate of drug-likeness (QED) is 0.826. The Morgan fingerprint density at radius 3 is 2.64 bits per heavy atom. The van der Waals surface area contributed by atoms with E-state index in [-0.39, 0.29) is 16.3 Å². The van der Waals surface area contributed by atoms with Gasteiger partial charge in [-0.15, -0.1) is 0 Å². The molecule has 14 heavy (non-hydrogen) atoms. The lowest BCUT2D eigenvalue weighted by Gasteiger charge is -2.15. The number of benzene rings is 1. The normalized spacial score (nSPS) is 18.3. The smallest absolute Gasteiger partial charge is 0.143 e. The lowest BCUT2D eigenvalue weighted by Crippen LogP contribution is -2.20. The summed E-state index contributed by atoms with van der Waals surface area (Å²) < 4.78 is 14.0. The summed E-state index contributed by atoms with van der Waals surface area (Å²) in [6, 6.07) is 3.24. The molecule has 1 aromatic rings. The lowest BCUT2D eigenvalue weighted by atomic mass is 9.96. The van der Waals surface area contributed by atoms with E-state index in [1.807, 2.05) is 6.07 Å². The van der Waals surface area contributed by atoms with Gasteiger partial charge in [0.1, 0.15) is 5.82 Å². The highest BCUT2D eigenvalue weighted by molar-refractivity contribution is 9.10. The van der Waals surface area contributed by atoms with Crippen LogP contribution in [-0.2, 0) is 5.41 Å². The molecule has 0 heterocycles. The van der Waals surface area contributed by atoms with Gasteiger partial charge in [-0.1, -0.05) is 27.5 Å². The van der Waals surface area contributed by atoms with Crippen LogP contribution < -0.4 is 5.73 Å². The van der Waals surface area contributed by atoms with Gasteiger partial charge in [0, 0.05) is 16.4 Å². The van der Waals surface area contributed by atoms with Crippen molar-refractivity contribution in [2.24, 2.45) is 5.73 Å². The van der Waals surface area contributed by atoms with Gasteiger partial charge in [-0.25, -0.2) is 4.39 Å². The van der Waals surface area contributed by atoms with Crippen LogP contribution in [0.2, 0.25) is 5.02 Å². The van der Waals surface area contributed by atoms with Crippen LogP contribution in [-0.4, -0.2) is 6.54 Å². The minimum atomic E-state index is -0.379. The zero-order valence-electron chi connectivity index (χ0n) is 7.49. The van der Waals surface area contributed by atoms with Gasteiger partial charge in [0.25, 0.3) is 0 Å². The summed E-state index contributed by atoms with van der Waals surface area (Å²) in [5.74, 6) is -0.379. The van der Waals surface area contributed by atoms with E-state index in [2.05, 4.69) is 15.9 Å². The molecular weight excluding hydrogens is 268 g/mol. The fourth-order valence-electron chi connectivity index (χ4n) is 1.68. The van der Waals surface area contributed by atoms with Gasteiger partial charge >= 0.3 is 0 Å². The molecule has 0 atom stereocenters. The van der Waals surface area contributed by atoms with Crippen LogP contribution in [0.25, 0.3) is 0 Å². The predicted molar refractivity (Wildman–Crippen MR) is 59.1 cm³/mol. The molecule has 0 bridgehead atoms. The largest absolute Gasteiger partial charge is 0.330 e. The number of hydrogen-bond donors (Lipinski definition) is 1. The third-order valence-electron chi connectivity index (χ3n) is 2.81. The van der Waals surface area contributed by atoms with Crippen molar-refractivity contribution < 1.29 is 4.39 Å². The lowest BCUT2D eigenvalue weighted by molar-refractivity contribution is 0.615. The van der Waals surface area contributed by atoms with E-state index in [0.29, 0.717) is 11.0 Å². The van der Waals surface area contributed by atoms with E-state index in [4.69, 9.17) is 17.3 Å². The second-order valence-electron chi connectivity index (χ2n) is 3.73. The third kappa shape index (κ3) is 1.58. The summed E-state index contributed by atoms with van der Waals surface area (Å²) in [6.07, 6.45) is 2.00. The summed E-state index contributed by atoms with van der Waals surface area (Å²) >= 11 is 9.17. The van der Waals surface area contributed by atoms with E-state index in [0.717, 1.165) is 18.4 Å². The second-order valence-corrected chi connectivity index (χ2v) is 5.03. The van der Waals surface area contributed by atoms with Crippen molar-refractivity contribution >= 4 is 27.5 Å². The van der Waals surface area contributed by atoms with Gasteiger partial charge in [-0.3, -0.25) is 0 Å². The topological polar surface area (TPSA) is 26.0 Å². The predicted octanol–water partition coefficient (Wildman–Crippen LogP) is 3.23. The van der Waals surface area contributed by atoms with Gasteiger partial charge in [0.2, 0.25) is 0 Å². The molecular formula is C10H10BrClFN. The maximum absolute atomic E-state index is 13.3. The average molecular weight is 279 g/mol. The van der Waals surface area contributed by atoms with E-state index in [9.17, 15) is 4.39 Å². The Bertz CT molecular complexity index is 377. The molecule has 4 heteroatoms. The summed E-state index contributed by atoms with van der Waals surface area (Å²) in [5, 5.41) is 0.219. The van der Waals surface area contributed by atoms with Gasteiger partial charge in [0.05, 0.1) is 5.02 Å². The van der Waals surface area contributed by atoms with Gasteiger partial charge in [0.15, 0.2) is 0 Å². The molecule has 0 aromatic heterocycles. The molecule has 0 spiro atoms. The van der Waals surface area contributed by atoms with E-state index < -0.39 is 0 Å². The molecule has 1 aliphatic carbocycles. The van der Waals surface area contributed by atoms with E-state index >= 15 is 0 Å². The monoisotopic (exact) mass is 277 g/mol. The Morgan fingerprint density at radius 1 is 1.50 bits per heavy atom. The third-order valence-corrected chi connectivity index (χ3v) is 3.65. The van der Waals surface area contributed by atoms with Crippen molar-refractivity contribution in [1.29, 1.82) is 0 Å². The first-order chi connectivity index (χ1) is 6.59. The Hall–Kier alpha value is -0.120. The van der Waals surface area contributed by atoms with Crippen molar-refractivity contribution in [3.8, 4) is 0 Å². The Kier molecular flexibility index (Phi) is 2.58. The maximum Gasteiger partial charge on any atom is 0.143 e. The van der Waals surface area contributed by atoms with E-state index in [1.54, 1.807) is 0 Å². The van der Waals surface area contributed by atoms with Gasteiger partial charge in [-0.05, 0) is 30.5 Å². The zero-order valence-corrected chi connectivity index (χ0v) is 9.83. The van der Waals surface area contributed by atoms with Crippen LogP contribution in [0.4, 0.5) is 4.39 Å². The number of halogens is 3. The van der Waals surface area contributed by atoms with Crippen LogP contribution in [0, 0.1) is 5.82 Å². The highest BCUT2D eigenvalue weighted by Crippen LogP contribution is 2.50. The van der Waals surface area contributed by atoms with Crippen molar-refractivity contribution in [3.05, 3.63) is 33.0 Å². The van der Waals surface area contributed by atoms with Crippen molar-refractivity contribution in [3.63, 3.8) is 0 Å². The highest BCUT2D eigenvalue weighted by atomic mass is 79.9. The van der Waals surface area contributed by atoms with Gasteiger partial charge < -0.3 is 5.73 Å². The Balaban J connectivity index is 2.52.